The molecule has 1 aromatic heterocycles. The summed E-state index contributed by atoms with van der Waals surface area (Å²) in [5.74, 6) is -1.21. The lowest BCUT2D eigenvalue weighted by Crippen LogP contribution is -2.13. The topological polar surface area (TPSA) is 76.0 Å². The lowest BCUT2D eigenvalue weighted by molar-refractivity contribution is 0.0989. The highest BCUT2D eigenvalue weighted by Crippen LogP contribution is 2.21. The van der Waals surface area contributed by atoms with Crippen molar-refractivity contribution >= 4 is 23.1 Å². The third-order valence-electron chi connectivity index (χ3n) is 2.17. The van der Waals surface area contributed by atoms with E-state index in [9.17, 15) is 14.0 Å². The summed E-state index contributed by atoms with van der Waals surface area (Å²) in [6, 6.07) is 3.87. The molecule has 0 saturated carbocycles. The molecule has 76 valence electrons. The highest BCUT2D eigenvalue weighted by molar-refractivity contribution is 6.09. The van der Waals surface area contributed by atoms with Crippen LogP contribution in [0.1, 0.15) is 20.8 Å². The molecule has 0 unspecified atom stereocenters. The van der Waals surface area contributed by atoms with Crippen LogP contribution in [0.15, 0.2) is 18.2 Å². The second-order valence-electron chi connectivity index (χ2n) is 3.09. The summed E-state index contributed by atoms with van der Waals surface area (Å²) in [7, 11) is 0. The Balaban J connectivity index is 2.85. The van der Waals surface area contributed by atoms with Crippen LogP contribution in [-0.2, 0) is 0 Å². The quantitative estimate of drug-likeness (QED) is 0.725. The van der Waals surface area contributed by atoms with Crippen molar-refractivity contribution in [3.05, 3.63) is 35.3 Å². The number of amides is 1. The Hall–Kier alpha value is -2.17. The van der Waals surface area contributed by atoms with Crippen molar-refractivity contribution in [2.45, 2.75) is 0 Å². The normalized spacial score (nSPS) is 10.5. The molecule has 1 aromatic carbocycles. The van der Waals surface area contributed by atoms with Crippen LogP contribution in [-0.4, -0.2) is 17.2 Å². The molecule has 0 aliphatic heterocycles. The molecule has 0 aliphatic carbocycles. The van der Waals surface area contributed by atoms with Gasteiger partial charge in [0.25, 0.3) is 5.91 Å². The number of halogens is 1. The Bertz CT molecular complexity index is 560. The fraction of sp³-hybridized carbons (Fsp3) is 0. The molecule has 0 saturated heterocycles. The smallest absolute Gasteiger partial charge is 0.265 e. The average molecular weight is 206 g/mol. The molecule has 2 rings (SSSR count). The first-order chi connectivity index (χ1) is 7.13. The number of H-pyrrole nitrogens is 1. The number of nitrogens with two attached hydrogens (primary N) is 1. The maximum absolute atomic E-state index is 12.9. The Labute approximate surface area is 83.9 Å². The number of nitrogens with one attached hydrogen (secondary N) is 1. The van der Waals surface area contributed by atoms with Gasteiger partial charge in [0.1, 0.15) is 11.5 Å². The van der Waals surface area contributed by atoms with Gasteiger partial charge in [-0.25, -0.2) is 4.39 Å². The zero-order valence-electron chi connectivity index (χ0n) is 7.58. The zero-order chi connectivity index (χ0) is 11.0. The van der Waals surface area contributed by atoms with Gasteiger partial charge in [-0.1, -0.05) is 0 Å². The number of primary amides is 1. The van der Waals surface area contributed by atoms with Crippen molar-refractivity contribution in [1.82, 2.24) is 4.98 Å². The molecule has 0 radical (unpaired) electrons. The Morgan fingerprint density at radius 1 is 1.47 bits per heavy atom. The summed E-state index contributed by atoms with van der Waals surface area (Å²) in [5, 5.41) is 0.360. The molecule has 0 atom stereocenters. The fourth-order valence-electron chi connectivity index (χ4n) is 1.50. The van der Waals surface area contributed by atoms with Crippen LogP contribution in [0.3, 0.4) is 0 Å². The summed E-state index contributed by atoms with van der Waals surface area (Å²) in [6.45, 7) is 0. The van der Waals surface area contributed by atoms with Gasteiger partial charge in [0.05, 0.1) is 5.56 Å². The largest absolute Gasteiger partial charge is 0.364 e. The predicted molar refractivity (Wildman–Crippen MR) is 52.2 cm³/mol. The Morgan fingerprint density at radius 2 is 2.20 bits per heavy atom. The highest BCUT2D eigenvalue weighted by Gasteiger charge is 2.14. The minimum Gasteiger partial charge on any atom is -0.364 e. The first kappa shape index (κ1) is 9.39. The van der Waals surface area contributed by atoms with Crippen LogP contribution < -0.4 is 5.73 Å². The van der Waals surface area contributed by atoms with Gasteiger partial charge in [-0.3, -0.25) is 9.59 Å². The van der Waals surface area contributed by atoms with Gasteiger partial charge in [0, 0.05) is 10.9 Å². The SMILES string of the molecule is NC(=O)c1[nH]c2ccc(F)cc2c1C=O. The molecular weight excluding hydrogens is 199 g/mol. The second-order valence-corrected chi connectivity index (χ2v) is 3.09. The molecule has 5 heteroatoms. The number of fused-ring (bicyclic) bond motifs is 1. The molecule has 1 amide bonds. The fourth-order valence-corrected chi connectivity index (χ4v) is 1.50. The summed E-state index contributed by atoms with van der Waals surface area (Å²) < 4.78 is 12.9. The summed E-state index contributed by atoms with van der Waals surface area (Å²) in [6.07, 6.45) is 0.484. The summed E-state index contributed by atoms with van der Waals surface area (Å²) in [4.78, 5) is 24.4. The van der Waals surface area contributed by atoms with Gasteiger partial charge in [-0.2, -0.15) is 0 Å². The maximum Gasteiger partial charge on any atom is 0.265 e. The van der Waals surface area contributed by atoms with Crippen LogP contribution in [0, 0.1) is 5.82 Å². The predicted octanol–water partition coefficient (Wildman–Crippen LogP) is 1.22. The van der Waals surface area contributed by atoms with Crippen molar-refractivity contribution in [2.24, 2.45) is 5.73 Å². The number of rotatable bonds is 2. The van der Waals surface area contributed by atoms with Gasteiger partial charge < -0.3 is 10.7 Å². The van der Waals surface area contributed by atoms with E-state index in [0.29, 0.717) is 17.2 Å². The van der Waals surface area contributed by atoms with E-state index in [-0.39, 0.29) is 11.3 Å². The first-order valence-corrected chi connectivity index (χ1v) is 4.19. The van der Waals surface area contributed by atoms with Gasteiger partial charge in [0.15, 0.2) is 6.29 Å². The van der Waals surface area contributed by atoms with Crippen LogP contribution in [0.2, 0.25) is 0 Å². The van der Waals surface area contributed by atoms with E-state index in [1.165, 1.54) is 18.2 Å². The van der Waals surface area contributed by atoms with Crippen molar-refractivity contribution in [3.8, 4) is 0 Å². The van der Waals surface area contributed by atoms with Gasteiger partial charge >= 0.3 is 0 Å². The van der Waals surface area contributed by atoms with E-state index in [1.807, 2.05) is 0 Å². The van der Waals surface area contributed by atoms with E-state index in [1.54, 1.807) is 0 Å². The average Bonchev–Trinajstić information content (AvgIpc) is 2.55. The number of aromatic nitrogens is 1. The van der Waals surface area contributed by atoms with Crippen LogP contribution in [0.4, 0.5) is 4.39 Å². The summed E-state index contributed by atoms with van der Waals surface area (Å²) >= 11 is 0. The lowest BCUT2D eigenvalue weighted by Gasteiger charge is -1.91. The van der Waals surface area contributed by atoms with Gasteiger partial charge in [-0.15, -0.1) is 0 Å². The first-order valence-electron chi connectivity index (χ1n) is 4.19. The van der Waals surface area contributed by atoms with E-state index in [4.69, 9.17) is 5.73 Å². The van der Waals surface area contributed by atoms with Crippen molar-refractivity contribution in [3.63, 3.8) is 0 Å². The molecule has 0 spiro atoms. The molecular formula is C10H7FN2O2. The number of carbonyl (C=O) groups excluding carboxylic acids is 2. The molecule has 0 fully saturated rings. The number of hydrogen-bond donors (Lipinski definition) is 2. The van der Waals surface area contributed by atoms with Crippen LogP contribution >= 0.6 is 0 Å². The van der Waals surface area contributed by atoms with E-state index < -0.39 is 11.7 Å². The van der Waals surface area contributed by atoms with Crippen molar-refractivity contribution in [1.29, 1.82) is 0 Å². The van der Waals surface area contributed by atoms with E-state index >= 15 is 0 Å². The molecule has 0 bridgehead atoms. The molecule has 4 nitrogen and oxygen atoms in total. The van der Waals surface area contributed by atoms with Crippen molar-refractivity contribution in [2.75, 3.05) is 0 Å². The zero-order valence-corrected chi connectivity index (χ0v) is 7.58. The monoisotopic (exact) mass is 206 g/mol. The molecule has 3 N–H and O–H groups in total. The van der Waals surface area contributed by atoms with Gasteiger partial charge in [-0.05, 0) is 18.2 Å². The number of aromatic amines is 1. The van der Waals surface area contributed by atoms with Gasteiger partial charge in [0.2, 0.25) is 0 Å². The number of aldehydes is 1. The number of benzene rings is 1. The standard InChI is InChI=1S/C10H7FN2O2/c11-5-1-2-8-6(3-5)7(4-14)9(13-8)10(12)15/h1-4,13H,(H2,12,15). The van der Waals surface area contributed by atoms with Crippen LogP contribution in [0.25, 0.3) is 10.9 Å². The Kier molecular flexibility index (Phi) is 2.00. The maximum atomic E-state index is 12.9. The minimum absolute atomic E-state index is 0.00519. The molecule has 15 heavy (non-hydrogen) atoms. The van der Waals surface area contributed by atoms with E-state index in [2.05, 4.69) is 4.98 Å². The molecule has 0 aliphatic rings. The third-order valence-corrected chi connectivity index (χ3v) is 2.17. The summed E-state index contributed by atoms with van der Waals surface area (Å²) in [5.41, 5.74) is 5.68. The molecule has 1 heterocycles. The minimum atomic E-state index is -0.742. The van der Waals surface area contributed by atoms with Crippen LogP contribution in [0.5, 0.6) is 0 Å². The Morgan fingerprint density at radius 3 is 2.80 bits per heavy atom. The highest BCUT2D eigenvalue weighted by atomic mass is 19.1. The molecule has 2 aromatic rings. The second kappa shape index (κ2) is 3.20. The lowest BCUT2D eigenvalue weighted by atomic mass is 10.1. The number of hydrogen-bond acceptors (Lipinski definition) is 2. The van der Waals surface area contributed by atoms with E-state index in [0.717, 1.165) is 0 Å². The van der Waals surface area contributed by atoms with Crippen molar-refractivity contribution < 1.29 is 14.0 Å². The number of carbonyl (C=O) groups is 2. The third kappa shape index (κ3) is 1.38.